The lowest BCUT2D eigenvalue weighted by Gasteiger charge is -2.19. The number of anilines is 1. The van der Waals surface area contributed by atoms with Gasteiger partial charge in [-0.2, -0.15) is 0 Å². The lowest BCUT2D eigenvalue weighted by molar-refractivity contribution is -0.120. The Kier molecular flexibility index (Phi) is 3.27. The lowest BCUT2D eigenvalue weighted by Crippen LogP contribution is -2.34. The van der Waals surface area contributed by atoms with Crippen LogP contribution in [0, 0.1) is 0 Å². The first-order chi connectivity index (χ1) is 8.16. The molecule has 1 saturated heterocycles. The van der Waals surface area contributed by atoms with Crippen LogP contribution in [0.2, 0.25) is 0 Å². The SMILES string of the molecule is Nc1cccc(C(=O)N2CCNC(=O)CC2)c1. The maximum Gasteiger partial charge on any atom is 0.254 e. The molecule has 2 rings (SSSR count). The molecule has 1 fully saturated rings. The maximum absolute atomic E-state index is 12.1. The van der Waals surface area contributed by atoms with E-state index >= 15 is 0 Å². The molecule has 17 heavy (non-hydrogen) atoms. The largest absolute Gasteiger partial charge is 0.399 e. The highest BCUT2D eigenvalue weighted by Gasteiger charge is 2.19. The Morgan fingerprint density at radius 2 is 2.18 bits per heavy atom. The topological polar surface area (TPSA) is 75.4 Å². The van der Waals surface area contributed by atoms with Crippen LogP contribution < -0.4 is 11.1 Å². The second kappa shape index (κ2) is 4.86. The van der Waals surface area contributed by atoms with E-state index in [1.54, 1.807) is 29.2 Å². The van der Waals surface area contributed by atoms with Crippen molar-refractivity contribution < 1.29 is 9.59 Å². The lowest BCUT2D eigenvalue weighted by atomic mass is 10.1. The molecule has 5 heteroatoms. The molecular weight excluding hydrogens is 218 g/mol. The van der Waals surface area contributed by atoms with Crippen LogP contribution in [0.25, 0.3) is 0 Å². The fraction of sp³-hybridized carbons (Fsp3) is 0.333. The number of nitrogen functional groups attached to an aromatic ring is 1. The summed E-state index contributed by atoms with van der Waals surface area (Å²) in [6.45, 7) is 1.51. The highest BCUT2D eigenvalue weighted by molar-refractivity contribution is 5.95. The van der Waals surface area contributed by atoms with Crippen molar-refractivity contribution in [2.45, 2.75) is 6.42 Å². The molecule has 0 unspecified atom stereocenters. The molecular formula is C12H15N3O2. The number of nitrogens with two attached hydrogens (primary N) is 1. The summed E-state index contributed by atoms with van der Waals surface area (Å²) in [4.78, 5) is 25.0. The van der Waals surface area contributed by atoms with Crippen LogP contribution in [0.5, 0.6) is 0 Å². The first kappa shape index (κ1) is 11.4. The van der Waals surface area contributed by atoms with Gasteiger partial charge in [-0.15, -0.1) is 0 Å². The van der Waals surface area contributed by atoms with E-state index in [1.807, 2.05) is 0 Å². The molecule has 1 aromatic rings. The zero-order chi connectivity index (χ0) is 12.3. The van der Waals surface area contributed by atoms with Gasteiger partial charge in [-0.25, -0.2) is 0 Å². The quantitative estimate of drug-likeness (QED) is 0.682. The average molecular weight is 233 g/mol. The first-order valence-electron chi connectivity index (χ1n) is 5.58. The molecule has 0 radical (unpaired) electrons. The monoisotopic (exact) mass is 233 g/mol. The molecule has 3 N–H and O–H groups in total. The predicted octanol–water partition coefficient (Wildman–Crippen LogP) is 0.231. The van der Waals surface area contributed by atoms with Gasteiger partial charge in [0.1, 0.15) is 0 Å². The minimum absolute atomic E-state index is 0.00660. The molecule has 1 heterocycles. The van der Waals surface area contributed by atoms with E-state index < -0.39 is 0 Å². The van der Waals surface area contributed by atoms with Gasteiger partial charge in [0.2, 0.25) is 5.91 Å². The number of benzene rings is 1. The van der Waals surface area contributed by atoms with Crippen LogP contribution in [0.4, 0.5) is 5.69 Å². The zero-order valence-corrected chi connectivity index (χ0v) is 9.48. The molecule has 0 atom stereocenters. The second-order valence-corrected chi connectivity index (χ2v) is 4.02. The van der Waals surface area contributed by atoms with Crippen LogP contribution in [-0.2, 0) is 4.79 Å². The predicted molar refractivity (Wildman–Crippen MR) is 64.4 cm³/mol. The van der Waals surface area contributed by atoms with Crippen molar-refractivity contribution in [1.29, 1.82) is 0 Å². The second-order valence-electron chi connectivity index (χ2n) is 4.02. The average Bonchev–Trinajstić information content (AvgIpc) is 2.53. The number of nitrogens with zero attached hydrogens (tertiary/aromatic N) is 1. The molecule has 1 aliphatic rings. The highest BCUT2D eigenvalue weighted by atomic mass is 16.2. The van der Waals surface area contributed by atoms with E-state index in [0.29, 0.717) is 37.3 Å². The number of rotatable bonds is 1. The van der Waals surface area contributed by atoms with Crippen LogP contribution in [-0.4, -0.2) is 36.3 Å². The van der Waals surface area contributed by atoms with E-state index in [1.165, 1.54) is 0 Å². The number of hydrogen-bond donors (Lipinski definition) is 2. The molecule has 90 valence electrons. The van der Waals surface area contributed by atoms with Crippen LogP contribution in [0.3, 0.4) is 0 Å². The summed E-state index contributed by atoms with van der Waals surface area (Å²) >= 11 is 0. The Labute approximate surface area is 99.6 Å². The van der Waals surface area contributed by atoms with E-state index in [0.717, 1.165) is 0 Å². The number of carbonyl (C=O) groups is 2. The van der Waals surface area contributed by atoms with Gasteiger partial charge in [0.25, 0.3) is 5.91 Å². The molecule has 5 nitrogen and oxygen atoms in total. The molecule has 0 spiro atoms. The normalized spacial score (nSPS) is 16.2. The van der Waals surface area contributed by atoms with Gasteiger partial charge in [0, 0.05) is 37.3 Å². The summed E-state index contributed by atoms with van der Waals surface area (Å²) in [5.41, 5.74) is 6.78. The minimum atomic E-state index is -0.0752. The fourth-order valence-electron chi connectivity index (χ4n) is 1.82. The third kappa shape index (κ3) is 2.75. The van der Waals surface area contributed by atoms with E-state index in [-0.39, 0.29) is 11.8 Å². The summed E-state index contributed by atoms with van der Waals surface area (Å²) < 4.78 is 0. The summed E-state index contributed by atoms with van der Waals surface area (Å²) in [6.07, 6.45) is 0.355. The standard InChI is InChI=1S/C12H15N3O2/c13-10-3-1-2-9(8-10)12(17)15-6-4-11(16)14-5-7-15/h1-3,8H,4-7,13H2,(H,14,16). The fourth-order valence-corrected chi connectivity index (χ4v) is 1.82. The van der Waals surface area contributed by atoms with E-state index in [4.69, 9.17) is 5.73 Å². The van der Waals surface area contributed by atoms with Gasteiger partial charge < -0.3 is 16.0 Å². The number of carbonyl (C=O) groups excluding carboxylic acids is 2. The minimum Gasteiger partial charge on any atom is -0.399 e. The Morgan fingerprint density at radius 1 is 1.35 bits per heavy atom. The van der Waals surface area contributed by atoms with Crippen molar-refractivity contribution in [2.24, 2.45) is 0 Å². The molecule has 0 saturated carbocycles. The van der Waals surface area contributed by atoms with Crippen LogP contribution in [0.1, 0.15) is 16.8 Å². The van der Waals surface area contributed by atoms with Crippen molar-refractivity contribution in [3.63, 3.8) is 0 Å². The van der Waals surface area contributed by atoms with E-state index in [2.05, 4.69) is 5.32 Å². The Morgan fingerprint density at radius 3 is 2.94 bits per heavy atom. The summed E-state index contributed by atoms with van der Waals surface area (Å²) in [7, 11) is 0. The van der Waals surface area contributed by atoms with Crippen molar-refractivity contribution in [1.82, 2.24) is 10.2 Å². The van der Waals surface area contributed by atoms with Gasteiger partial charge in [-0.3, -0.25) is 9.59 Å². The van der Waals surface area contributed by atoms with Crippen molar-refractivity contribution in [2.75, 3.05) is 25.4 Å². The first-order valence-corrected chi connectivity index (χ1v) is 5.58. The summed E-state index contributed by atoms with van der Waals surface area (Å²) in [5, 5.41) is 2.73. The van der Waals surface area contributed by atoms with Crippen molar-refractivity contribution >= 4 is 17.5 Å². The molecule has 0 aliphatic carbocycles. The van der Waals surface area contributed by atoms with Crippen molar-refractivity contribution in [3.8, 4) is 0 Å². The molecule has 0 aromatic heterocycles. The molecule has 1 aliphatic heterocycles. The van der Waals surface area contributed by atoms with Gasteiger partial charge in [-0.1, -0.05) is 6.07 Å². The van der Waals surface area contributed by atoms with Gasteiger partial charge in [0.05, 0.1) is 0 Å². The zero-order valence-electron chi connectivity index (χ0n) is 9.48. The number of hydrogen-bond acceptors (Lipinski definition) is 3. The molecule has 0 bridgehead atoms. The highest BCUT2D eigenvalue weighted by Crippen LogP contribution is 2.10. The van der Waals surface area contributed by atoms with Crippen LogP contribution >= 0.6 is 0 Å². The van der Waals surface area contributed by atoms with Gasteiger partial charge in [0.15, 0.2) is 0 Å². The molecule has 2 amide bonds. The summed E-state index contributed by atoms with van der Waals surface area (Å²) in [6, 6.07) is 6.88. The van der Waals surface area contributed by atoms with Crippen LogP contribution in [0.15, 0.2) is 24.3 Å². The van der Waals surface area contributed by atoms with E-state index in [9.17, 15) is 9.59 Å². The van der Waals surface area contributed by atoms with Gasteiger partial charge >= 0.3 is 0 Å². The number of amides is 2. The smallest absolute Gasteiger partial charge is 0.254 e. The Balaban J connectivity index is 2.11. The third-order valence-corrected chi connectivity index (χ3v) is 2.73. The maximum atomic E-state index is 12.1. The number of nitrogens with one attached hydrogen (secondary N) is 1. The summed E-state index contributed by atoms with van der Waals surface area (Å²) in [5.74, 6) is -0.0818. The van der Waals surface area contributed by atoms with Crippen molar-refractivity contribution in [3.05, 3.63) is 29.8 Å². The Bertz CT molecular complexity index is 445. The third-order valence-electron chi connectivity index (χ3n) is 2.73. The van der Waals surface area contributed by atoms with Gasteiger partial charge in [-0.05, 0) is 18.2 Å². The Hall–Kier alpha value is -2.04. The molecule has 1 aromatic carbocycles.